The largest absolute Gasteiger partial charge is 0.504 e. The van der Waals surface area contributed by atoms with Crippen LogP contribution in [0.15, 0.2) is 77.8 Å². The van der Waals surface area contributed by atoms with Crippen molar-refractivity contribution < 1.29 is 29.3 Å². The number of aromatic hydroxyl groups is 1. The van der Waals surface area contributed by atoms with Crippen LogP contribution in [0.4, 0.5) is 0 Å². The Hall–Kier alpha value is -3.87. The number of aliphatic hydroxyl groups excluding tert-OH is 1. The number of phenols is 1. The van der Waals surface area contributed by atoms with Crippen molar-refractivity contribution in [2.75, 3.05) is 24.7 Å². The van der Waals surface area contributed by atoms with Crippen LogP contribution in [0, 0.1) is 11.3 Å². The third-order valence-electron chi connectivity index (χ3n) is 12.3. The van der Waals surface area contributed by atoms with Gasteiger partial charge >= 0.3 is 5.97 Å². The van der Waals surface area contributed by atoms with Crippen LogP contribution >= 0.6 is 21.6 Å². The van der Waals surface area contributed by atoms with Crippen LogP contribution in [0.25, 0.3) is 0 Å². The van der Waals surface area contributed by atoms with Gasteiger partial charge in [-0.1, -0.05) is 101 Å². The molecule has 0 aromatic heterocycles. The molecule has 1 aliphatic carbocycles. The summed E-state index contributed by atoms with van der Waals surface area (Å²) in [5.74, 6) is 2.68. The number of carbonyl (C=O) groups is 2. The normalized spacial score (nSPS) is 24.6. The lowest BCUT2D eigenvalue weighted by Crippen LogP contribution is -2.37. The first-order valence-corrected chi connectivity index (χ1v) is 24.6. The van der Waals surface area contributed by atoms with E-state index in [0.717, 1.165) is 81.9 Å². The zero-order chi connectivity index (χ0) is 42.2. The summed E-state index contributed by atoms with van der Waals surface area (Å²) >= 11 is 0. The van der Waals surface area contributed by atoms with Crippen molar-refractivity contribution in [3.05, 3.63) is 95.1 Å². The number of hydrogen-bond donors (Lipinski definition) is 4. The van der Waals surface area contributed by atoms with Gasteiger partial charge in [0.25, 0.3) is 0 Å². The number of nitrogens with two attached hydrogens (primary N) is 1. The van der Waals surface area contributed by atoms with E-state index < -0.39 is 12.2 Å². The van der Waals surface area contributed by atoms with Crippen LogP contribution in [0.3, 0.4) is 0 Å². The second kappa shape index (κ2) is 23.4. The van der Waals surface area contributed by atoms with E-state index in [1.807, 2.05) is 46.0 Å². The summed E-state index contributed by atoms with van der Waals surface area (Å²) < 4.78 is 12.2. The Balaban J connectivity index is 1.22. The highest BCUT2D eigenvalue weighted by Crippen LogP contribution is 2.42. The topological polar surface area (TPSA) is 147 Å². The van der Waals surface area contributed by atoms with E-state index in [1.54, 1.807) is 10.8 Å². The Morgan fingerprint density at radius 1 is 0.950 bits per heavy atom. The number of phenolic OH excluding ortho intramolecular Hbond substituents is 1. The highest BCUT2D eigenvalue weighted by atomic mass is 33.1. The Labute approximate surface area is 365 Å². The molecule has 5 N–H and O–H groups in total. The molecular formula is C48H66N4O6S2. The quantitative estimate of drug-likeness (QED) is 0.128. The van der Waals surface area contributed by atoms with E-state index in [9.17, 15) is 19.8 Å². The minimum Gasteiger partial charge on any atom is -0.504 e. The summed E-state index contributed by atoms with van der Waals surface area (Å²) in [4.78, 5) is 32.7. The van der Waals surface area contributed by atoms with Crippen LogP contribution in [0.2, 0.25) is 0 Å². The summed E-state index contributed by atoms with van der Waals surface area (Å²) in [6.07, 6.45) is 12.1. The van der Waals surface area contributed by atoms with Crippen molar-refractivity contribution in [2.45, 2.75) is 135 Å². The molecule has 3 aliphatic rings. The predicted molar refractivity (Wildman–Crippen MR) is 244 cm³/mol. The zero-order valence-corrected chi connectivity index (χ0v) is 37.0. The fraction of sp³-hybridized carbons (Fsp3) is 0.562. The number of nitrogens with one attached hydrogen (secondary N) is 1. The molecular weight excluding hydrogens is 793 g/mol. The van der Waals surface area contributed by atoms with Crippen LogP contribution in [0.5, 0.6) is 11.5 Å². The van der Waals surface area contributed by atoms with Crippen molar-refractivity contribution in [3.63, 3.8) is 0 Å². The zero-order valence-electron chi connectivity index (χ0n) is 35.4. The monoisotopic (exact) mass is 858 g/mol. The molecule has 6 rings (SSSR count). The van der Waals surface area contributed by atoms with Gasteiger partial charge in [0.15, 0.2) is 17.5 Å². The molecule has 1 amide bonds. The minimum absolute atomic E-state index is 0.0314. The average molecular weight is 859 g/mol. The molecule has 10 nitrogen and oxygen atoms in total. The number of ether oxygens (including phenoxy) is 2. The maximum atomic E-state index is 14.0. The van der Waals surface area contributed by atoms with Gasteiger partial charge in [-0.25, -0.2) is 4.99 Å². The van der Waals surface area contributed by atoms with Gasteiger partial charge in [-0.15, -0.1) is 0 Å². The van der Waals surface area contributed by atoms with Crippen LogP contribution in [0.1, 0.15) is 113 Å². The predicted octanol–water partition coefficient (Wildman–Crippen LogP) is 8.75. The molecule has 4 atom stereocenters. The Bertz CT molecular complexity index is 1830. The molecule has 0 radical (unpaired) electrons. The van der Waals surface area contributed by atoms with Gasteiger partial charge in [0.05, 0.1) is 18.1 Å². The van der Waals surface area contributed by atoms with Crippen LogP contribution < -0.4 is 15.8 Å². The number of aliphatic hydroxyl groups is 1. The molecule has 4 bridgehead atoms. The average Bonchev–Trinajstić information content (AvgIpc) is 3.85. The lowest BCUT2D eigenvalue weighted by molar-refractivity contribution is -0.148. The molecule has 1 saturated heterocycles. The Morgan fingerprint density at radius 3 is 2.42 bits per heavy atom. The molecule has 12 heteroatoms. The summed E-state index contributed by atoms with van der Waals surface area (Å²) in [5.41, 5.74) is 10.1. The number of carbonyl (C=O) groups excluding carboxylic acids is 2. The number of benzene rings is 3. The van der Waals surface area contributed by atoms with Gasteiger partial charge < -0.3 is 35.6 Å². The molecule has 3 aromatic rings. The van der Waals surface area contributed by atoms with Crippen LogP contribution in [-0.4, -0.2) is 76.0 Å². The third kappa shape index (κ3) is 14.6. The fourth-order valence-electron chi connectivity index (χ4n) is 9.14. The Kier molecular flexibility index (Phi) is 17.8. The Morgan fingerprint density at radius 2 is 1.67 bits per heavy atom. The SMILES string of the molecule is CC(=O)OC1CCc2cc(c(O)c(OC3CCCC3)c2)CN2CC(Cc3ccccc3)(CCNC(N)=NCSSCC(CCc3ccccc3)CCCCC(O)C1)CC2=O. The lowest BCUT2D eigenvalue weighted by Gasteiger charge is -2.30. The van der Waals surface area contributed by atoms with Crippen molar-refractivity contribution in [1.82, 2.24) is 10.2 Å². The molecule has 3 aromatic carbocycles. The van der Waals surface area contributed by atoms with Crippen LogP contribution in [-0.2, 0) is 40.1 Å². The number of nitrogens with zero attached hydrogens (tertiary/aromatic N) is 2. The lowest BCUT2D eigenvalue weighted by atomic mass is 9.77. The summed E-state index contributed by atoms with van der Waals surface area (Å²) in [5, 5.41) is 26.2. The summed E-state index contributed by atoms with van der Waals surface area (Å²) in [6.45, 7) is 2.79. The van der Waals surface area contributed by atoms with E-state index in [4.69, 9.17) is 15.2 Å². The molecule has 4 unspecified atom stereocenters. The second-order valence-corrected chi connectivity index (χ2v) is 19.8. The summed E-state index contributed by atoms with van der Waals surface area (Å²) in [7, 11) is 3.55. The highest BCUT2D eigenvalue weighted by Gasteiger charge is 2.43. The first kappa shape index (κ1) is 45.7. The number of rotatable bonds is 8. The second-order valence-electron chi connectivity index (χ2n) is 17.3. The van der Waals surface area contributed by atoms with Gasteiger partial charge in [0.1, 0.15) is 6.10 Å². The maximum absolute atomic E-state index is 14.0. The van der Waals surface area contributed by atoms with Crippen molar-refractivity contribution in [3.8, 4) is 11.5 Å². The van der Waals surface area contributed by atoms with Gasteiger partial charge in [0, 0.05) is 56.1 Å². The molecule has 0 spiro atoms. The first-order valence-electron chi connectivity index (χ1n) is 22.1. The number of aliphatic imine (C=N–C) groups is 1. The molecule has 2 heterocycles. The molecule has 326 valence electrons. The number of amides is 1. The number of aryl methyl sites for hydroxylation is 2. The molecule has 1 saturated carbocycles. The van der Waals surface area contributed by atoms with Crippen molar-refractivity contribution in [1.29, 1.82) is 0 Å². The van der Waals surface area contributed by atoms with Crippen molar-refractivity contribution in [2.24, 2.45) is 22.1 Å². The van der Waals surface area contributed by atoms with Crippen molar-refractivity contribution >= 4 is 39.4 Å². The highest BCUT2D eigenvalue weighted by molar-refractivity contribution is 8.76. The van der Waals surface area contributed by atoms with Gasteiger partial charge in [-0.2, -0.15) is 0 Å². The molecule has 2 fully saturated rings. The smallest absolute Gasteiger partial charge is 0.302 e. The maximum Gasteiger partial charge on any atom is 0.302 e. The van der Waals surface area contributed by atoms with E-state index >= 15 is 0 Å². The fourth-order valence-corrected chi connectivity index (χ4v) is 11.3. The van der Waals surface area contributed by atoms with E-state index in [0.29, 0.717) is 74.3 Å². The number of guanidine groups is 1. The summed E-state index contributed by atoms with van der Waals surface area (Å²) in [6, 6.07) is 24.8. The van der Waals surface area contributed by atoms with Gasteiger partial charge in [-0.3, -0.25) is 9.59 Å². The van der Waals surface area contributed by atoms with Gasteiger partial charge in [0.2, 0.25) is 5.91 Å². The number of esters is 1. The van der Waals surface area contributed by atoms with E-state index in [1.165, 1.54) is 18.1 Å². The molecule has 60 heavy (non-hydrogen) atoms. The minimum atomic E-state index is -0.591. The number of fused-ring (bicyclic) bond motifs is 4. The standard InChI is InChI=1S/C48H66N4O6S2/c1-35(53)57-43-23-22-39-26-40(46(56)44(27-39)58-42-18-10-11-19-42)31-52-33-48(30-45(52)55,29-37-14-6-3-7-15-37)24-25-50-47(49)51-34-60-59-32-38(16-8-9-17-41(54)28-43)21-20-36-12-4-2-5-13-36/h2-7,12-15,26-27,38,41-43,54,56H,8-11,16-25,28-34H2,1H3,(H3,49,50,51). The van der Waals surface area contributed by atoms with E-state index in [2.05, 4.69) is 52.8 Å². The van der Waals surface area contributed by atoms with Gasteiger partial charge in [-0.05, 0) is 106 Å². The third-order valence-corrected chi connectivity index (χ3v) is 14.6. The van der Waals surface area contributed by atoms with E-state index in [-0.39, 0.29) is 35.7 Å². The first-order chi connectivity index (χ1) is 29.1. The molecule has 2 aliphatic heterocycles. The number of hydrogen-bond acceptors (Lipinski definition) is 11.